The van der Waals surface area contributed by atoms with Crippen LogP contribution < -0.4 is 0 Å². The summed E-state index contributed by atoms with van der Waals surface area (Å²) in [4.78, 5) is 31.6. The lowest BCUT2D eigenvalue weighted by Crippen LogP contribution is -2.20. The molecule has 0 rings (SSSR count). The summed E-state index contributed by atoms with van der Waals surface area (Å²) in [5, 5.41) is 8.18. The van der Waals surface area contributed by atoms with Crippen LogP contribution in [0.15, 0.2) is 0 Å². The number of hydrogen-bond donors (Lipinski definition) is 1. The number of carbonyl (C=O) groups is 3. The van der Waals surface area contributed by atoms with Crippen LogP contribution in [0.1, 0.15) is 26.7 Å². The number of ketones is 2. The zero-order valence-electron chi connectivity index (χ0n) is 7.16. The van der Waals surface area contributed by atoms with Gasteiger partial charge in [-0.1, -0.05) is 13.8 Å². The Morgan fingerprint density at radius 1 is 1.33 bits per heavy atom. The lowest BCUT2D eigenvalue weighted by Gasteiger charge is -2.03. The van der Waals surface area contributed by atoms with E-state index in [4.69, 9.17) is 5.11 Å². The predicted molar refractivity (Wildman–Crippen MR) is 41.7 cm³/mol. The molecule has 0 aliphatic heterocycles. The van der Waals surface area contributed by atoms with E-state index >= 15 is 0 Å². The second-order valence-corrected chi connectivity index (χ2v) is 2.68. The van der Waals surface area contributed by atoms with Crippen molar-refractivity contribution in [1.82, 2.24) is 0 Å². The summed E-state index contributed by atoms with van der Waals surface area (Å²) in [6.45, 7) is 3.49. The van der Waals surface area contributed by atoms with E-state index in [2.05, 4.69) is 0 Å². The van der Waals surface area contributed by atoms with E-state index in [0.29, 0.717) is 6.42 Å². The molecule has 0 fully saturated rings. The van der Waals surface area contributed by atoms with Gasteiger partial charge in [0.1, 0.15) is 5.78 Å². The van der Waals surface area contributed by atoms with Crippen LogP contribution in [0.2, 0.25) is 0 Å². The molecule has 68 valence electrons. The molecule has 0 aliphatic rings. The van der Waals surface area contributed by atoms with E-state index in [1.54, 1.807) is 6.92 Å². The molecule has 0 bridgehead atoms. The highest BCUT2D eigenvalue weighted by Crippen LogP contribution is 2.05. The Morgan fingerprint density at radius 2 is 1.83 bits per heavy atom. The number of carboxylic acid groups (broad SMARTS) is 1. The van der Waals surface area contributed by atoms with Gasteiger partial charge in [0.2, 0.25) is 5.78 Å². The van der Waals surface area contributed by atoms with Crippen molar-refractivity contribution in [3.05, 3.63) is 0 Å². The van der Waals surface area contributed by atoms with E-state index in [1.165, 1.54) is 0 Å². The maximum atomic E-state index is 11.0. The third kappa shape index (κ3) is 3.27. The molecule has 1 atom stereocenters. The molecule has 1 N–H and O–H groups in total. The number of Topliss-reactive ketones (excluding diaryl/α,β-unsaturated/α-hetero) is 2. The van der Waals surface area contributed by atoms with Crippen molar-refractivity contribution < 1.29 is 19.5 Å². The van der Waals surface area contributed by atoms with Crippen molar-refractivity contribution in [2.75, 3.05) is 0 Å². The van der Waals surface area contributed by atoms with E-state index in [-0.39, 0.29) is 11.7 Å². The van der Waals surface area contributed by atoms with Crippen LogP contribution in [-0.2, 0) is 14.4 Å². The van der Waals surface area contributed by atoms with Gasteiger partial charge in [-0.25, -0.2) is 4.79 Å². The molecular weight excluding hydrogens is 160 g/mol. The highest BCUT2D eigenvalue weighted by molar-refractivity contribution is 6.36. The lowest BCUT2D eigenvalue weighted by molar-refractivity contribution is -0.150. The van der Waals surface area contributed by atoms with Crippen molar-refractivity contribution in [1.29, 1.82) is 0 Å². The normalized spacial score (nSPS) is 12.2. The van der Waals surface area contributed by atoms with Crippen LogP contribution >= 0.6 is 0 Å². The summed E-state index contributed by atoms with van der Waals surface area (Å²) in [5.74, 6) is -3.09. The molecule has 0 aromatic rings. The first-order valence-corrected chi connectivity index (χ1v) is 3.77. The van der Waals surface area contributed by atoms with Gasteiger partial charge in [0.15, 0.2) is 0 Å². The van der Waals surface area contributed by atoms with E-state index in [1.807, 2.05) is 6.92 Å². The fourth-order valence-corrected chi connectivity index (χ4v) is 0.636. The van der Waals surface area contributed by atoms with Crippen molar-refractivity contribution in [3.63, 3.8) is 0 Å². The topological polar surface area (TPSA) is 71.4 Å². The second-order valence-electron chi connectivity index (χ2n) is 2.68. The number of carboxylic acids is 1. The Bertz CT molecular complexity index is 207. The maximum absolute atomic E-state index is 11.0. The molecule has 0 aromatic carbocycles. The molecule has 4 nitrogen and oxygen atoms in total. The van der Waals surface area contributed by atoms with Gasteiger partial charge in [-0.05, 0) is 6.42 Å². The standard InChI is InChI=1S/C8H12O4/c1-3-5(2)6(9)4-7(10)8(11)12/h5H,3-4H2,1-2H3,(H,11,12). The second kappa shape index (κ2) is 4.64. The molecule has 0 saturated carbocycles. The van der Waals surface area contributed by atoms with Gasteiger partial charge in [0.25, 0.3) is 0 Å². The van der Waals surface area contributed by atoms with Gasteiger partial charge in [0.05, 0.1) is 6.42 Å². The van der Waals surface area contributed by atoms with Gasteiger partial charge in [-0.2, -0.15) is 0 Å². The fraction of sp³-hybridized carbons (Fsp3) is 0.625. The van der Waals surface area contributed by atoms with Gasteiger partial charge in [-0.3, -0.25) is 9.59 Å². The van der Waals surface area contributed by atoms with Crippen molar-refractivity contribution in [2.45, 2.75) is 26.7 Å². The predicted octanol–water partition coefficient (Wildman–Crippen LogP) is 0.645. The Kier molecular flexibility index (Phi) is 4.18. The Morgan fingerprint density at radius 3 is 2.17 bits per heavy atom. The minimum Gasteiger partial charge on any atom is -0.475 e. The highest BCUT2D eigenvalue weighted by atomic mass is 16.4. The van der Waals surface area contributed by atoms with Crippen LogP contribution in [0, 0.1) is 5.92 Å². The smallest absolute Gasteiger partial charge is 0.372 e. The van der Waals surface area contributed by atoms with Crippen LogP contribution in [0.4, 0.5) is 0 Å². The van der Waals surface area contributed by atoms with Crippen LogP contribution in [0.5, 0.6) is 0 Å². The van der Waals surface area contributed by atoms with Crippen molar-refractivity contribution in [2.24, 2.45) is 5.92 Å². The molecule has 0 aromatic heterocycles. The molecule has 0 heterocycles. The summed E-state index contributed by atoms with van der Waals surface area (Å²) in [6.07, 6.45) is 0.149. The molecule has 4 heteroatoms. The Labute approximate surface area is 70.6 Å². The van der Waals surface area contributed by atoms with Crippen molar-refractivity contribution >= 4 is 17.5 Å². The zero-order chi connectivity index (χ0) is 9.72. The van der Waals surface area contributed by atoms with Crippen LogP contribution in [-0.4, -0.2) is 22.6 Å². The Balaban J connectivity index is 4.01. The lowest BCUT2D eigenvalue weighted by atomic mass is 9.99. The molecular formula is C8H12O4. The first-order chi connectivity index (χ1) is 5.49. The number of carbonyl (C=O) groups excluding carboxylic acids is 2. The Hall–Kier alpha value is -1.19. The first-order valence-electron chi connectivity index (χ1n) is 3.77. The molecule has 0 saturated heterocycles. The number of hydrogen-bond acceptors (Lipinski definition) is 3. The van der Waals surface area contributed by atoms with Gasteiger partial charge < -0.3 is 5.11 Å². The van der Waals surface area contributed by atoms with E-state index < -0.39 is 18.2 Å². The summed E-state index contributed by atoms with van der Waals surface area (Å²) in [7, 11) is 0. The van der Waals surface area contributed by atoms with E-state index in [9.17, 15) is 14.4 Å². The molecule has 0 amide bonds. The summed E-state index contributed by atoms with van der Waals surface area (Å²) in [6, 6.07) is 0. The first kappa shape index (κ1) is 10.8. The quantitative estimate of drug-likeness (QED) is 0.488. The van der Waals surface area contributed by atoms with E-state index in [0.717, 1.165) is 0 Å². The summed E-state index contributed by atoms with van der Waals surface area (Å²) >= 11 is 0. The average molecular weight is 172 g/mol. The minimum absolute atomic E-state index is 0.228. The largest absolute Gasteiger partial charge is 0.475 e. The number of rotatable bonds is 5. The zero-order valence-corrected chi connectivity index (χ0v) is 7.16. The third-order valence-electron chi connectivity index (χ3n) is 1.74. The fourth-order valence-electron chi connectivity index (χ4n) is 0.636. The SMILES string of the molecule is CCC(C)C(=O)CC(=O)C(=O)O. The van der Waals surface area contributed by atoms with Crippen molar-refractivity contribution in [3.8, 4) is 0 Å². The van der Waals surface area contributed by atoms with Gasteiger partial charge >= 0.3 is 5.97 Å². The van der Waals surface area contributed by atoms with Gasteiger partial charge in [0, 0.05) is 5.92 Å². The molecule has 1 unspecified atom stereocenters. The molecule has 0 aliphatic carbocycles. The maximum Gasteiger partial charge on any atom is 0.372 e. The number of aliphatic carboxylic acids is 1. The molecule has 0 spiro atoms. The minimum atomic E-state index is -1.54. The van der Waals surface area contributed by atoms with Crippen LogP contribution in [0.3, 0.4) is 0 Å². The van der Waals surface area contributed by atoms with Gasteiger partial charge in [-0.15, -0.1) is 0 Å². The molecule has 0 radical (unpaired) electrons. The average Bonchev–Trinajstić information content (AvgIpc) is 2.02. The monoisotopic (exact) mass is 172 g/mol. The summed E-state index contributed by atoms with van der Waals surface area (Å²) < 4.78 is 0. The third-order valence-corrected chi connectivity index (χ3v) is 1.74. The van der Waals surface area contributed by atoms with Crippen LogP contribution in [0.25, 0.3) is 0 Å². The highest BCUT2D eigenvalue weighted by Gasteiger charge is 2.19. The molecule has 12 heavy (non-hydrogen) atoms. The summed E-state index contributed by atoms with van der Waals surface area (Å²) in [5.41, 5.74) is 0.